The number of hydrogen-bond donors (Lipinski definition) is 2. The van der Waals surface area contributed by atoms with Crippen LogP contribution in [-0.4, -0.2) is 25.5 Å². The molecule has 1 heterocycles. The number of amides is 1. The summed E-state index contributed by atoms with van der Waals surface area (Å²) in [5.74, 6) is 2.62. The Labute approximate surface area is 117 Å². The van der Waals surface area contributed by atoms with Crippen LogP contribution in [-0.2, 0) is 4.79 Å². The van der Waals surface area contributed by atoms with Crippen LogP contribution in [0.5, 0.6) is 0 Å². The lowest BCUT2D eigenvalue weighted by Crippen LogP contribution is -2.32. The van der Waals surface area contributed by atoms with Crippen LogP contribution >= 0.6 is 0 Å². The van der Waals surface area contributed by atoms with Gasteiger partial charge in [0.25, 0.3) is 0 Å². The molecule has 2 aliphatic rings. The van der Waals surface area contributed by atoms with E-state index in [-0.39, 0.29) is 5.91 Å². The highest BCUT2D eigenvalue weighted by atomic mass is 16.1. The second-order valence-corrected chi connectivity index (χ2v) is 6.67. The highest BCUT2D eigenvalue weighted by Crippen LogP contribution is 2.28. The summed E-state index contributed by atoms with van der Waals surface area (Å²) in [5.41, 5.74) is 0. The number of hydrogen-bond acceptors (Lipinski definition) is 2. The van der Waals surface area contributed by atoms with Crippen LogP contribution in [0.3, 0.4) is 0 Å². The fourth-order valence-electron chi connectivity index (χ4n) is 3.60. The maximum atomic E-state index is 11.9. The molecular formula is C16H30N2O. The molecule has 1 aliphatic heterocycles. The quantitative estimate of drug-likeness (QED) is 0.803. The van der Waals surface area contributed by atoms with Crippen LogP contribution < -0.4 is 10.6 Å². The highest BCUT2D eigenvalue weighted by Gasteiger charge is 2.19. The lowest BCUT2D eigenvalue weighted by Gasteiger charge is -2.27. The smallest absolute Gasteiger partial charge is 0.220 e. The van der Waals surface area contributed by atoms with Gasteiger partial charge in [-0.05, 0) is 62.9 Å². The molecule has 3 heteroatoms. The molecule has 0 radical (unpaired) electrons. The van der Waals surface area contributed by atoms with E-state index in [1.807, 2.05) is 0 Å². The molecule has 2 atom stereocenters. The fraction of sp³-hybridized carbons (Fsp3) is 0.938. The van der Waals surface area contributed by atoms with Crippen molar-refractivity contribution in [3.8, 4) is 0 Å². The van der Waals surface area contributed by atoms with E-state index in [4.69, 9.17) is 0 Å². The molecule has 0 aromatic rings. The van der Waals surface area contributed by atoms with Crippen LogP contribution in [0.2, 0.25) is 0 Å². The maximum Gasteiger partial charge on any atom is 0.220 e. The minimum absolute atomic E-state index is 0.275. The van der Waals surface area contributed by atoms with Crippen molar-refractivity contribution in [3.05, 3.63) is 0 Å². The Morgan fingerprint density at radius 1 is 1.16 bits per heavy atom. The Bertz CT molecular complexity index is 274. The first-order chi connectivity index (χ1) is 9.24. The number of nitrogens with one attached hydrogen (secondary N) is 2. The number of piperidine rings is 1. The van der Waals surface area contributed by atoms with E-state index < -0.39 is 0 Å². The normalized spacial score (nSPS) is 29.1. The summed E-state index contributed by atoms with van der Waals surface area (Å²) in [7, 11) is 0. The van der Waals surface area contributed by atoms with E-state index >= 15 is 0 Å². The second-order valence-electron chi connectivity index (χ2n) is 6.67. The topological polar surface area (TPSA) is 41.1 Å². The zero-order chi connectivity index (χ0) is 13.5. The molecule has 0 aromatic heterocycles. The minimum atomic E-state index is 0.275. The third kappa shape index (κ3) is 5.52. The standard InChI is InChI=1S/C16H30N2O/c1-13-3-2-4-15(11-13)12-18-16(19)6-5-14-7-9-17-10-8-14/h13-15,17H,2-12H2,1H3,(H,18,19). The molecule has 0 bridgehead atoms. The molecule has 2 N–H and O–H groups in total. The average Bonchev–Trinajstić information content (AvgIpc) is 2.44. The van der Waals surface area contributed by atoms with Crippen LogP contribution in [0, 0.1) is 17.8 Å². The van der Waals surface area contributed by atoms with Crippen molar-refractivity contribution in [2.45, 2.75) is 58.3 Å². The Kier molecular flexibility index (Phi) is 6.15. The monoisotopic (exact) mass is 266 g/mol. The third-order valence-electron chi connectivity index (χ3n) is 4.87. The predicted molar refractivity (Wildman–Crippen MR) is 79.0 cm³/mol. The van der Waals surface area contributed by atoms with Crippen molar-refractivity contribution in [2.24, 2.45) is 17.8 Å². The lowest BCUT2D eigenvalue weighted by molar-refractivity contribution is -0.121. The van der Waals surface area contributed by atoms with E-state index in [9.17, 15) is 4.79 Å². The van der Waals surface area contributed by atoms with Crippen LogP contribution in [0.25, 0.3) is 0 Å². The summed E-state index contributed by atoms with van der Waals surface area (Å²) < 4.78 is 0. The highest BCUT2D eigenvalue weighted by molar-refractivity contribution is 5.75. The van der Waals surface area contributed by atoms with Gasteiger partial charge in [0.05, 0.1) is 0 Å². The molecule has 2 fully saturated rings. The zero-order valence-electron chi connectivity index (χ0n) is 12.4. The predicted octanol–water partition coefficient (Wildman–Crippen LogP) is 2.71. The minimum Gasteiger partial charge on any atom is -0.356 e. The Morgan fingerprint density at radius 2 is 1.95 bits per heavy atom. The number of carbonyl (C=O) groups is 1. The molecule has 3 nitrogen and oxygen atoms in total. The summed E-state index contributed by atoms with van der Waals surface area (Å²) in [4.78, 5) is 11.9. The molecule has 110 valence electrons. The van der Waals surface area contributed by atoms with Gasteiger partial charge in [0.15, 0.2) is 0 Å². The number of carbonyl (C=O) groups excluding carboxylic acids is 1. The number of rotatable bonds is 5. The summed E-state index contributed by atoms with van der Waals surface area (Å²) in [5, 5.41) is 6.53. The van der Waals surface area contributed by atoms with Crippen molar-refractivity contribution in [2.75, 3.05) is 19.6 Å². The third-order valence-corrected chi connectivity index (χ3v) is 4.87. The average molecular weight is 266 g/mol. The Hall–Kier alpha value is -0.570. The van der Waals surface area contributed by atoms with Gasteiger partial charge in [-0.2, -0.15) is 0 Å². The van der Waals surface area contributed by atoms with E-state index in [2.05, 4.69) is 17.6 Å². The van der Waals surface area contributed by atoms with Gasteiger partial charge in [-0.3, -0.25) is 4.79 Å². The van der Waals surface area contributed by atoms with E-state index in [0.717, 1.165) is 50.2 Å². The molecule has 2 rings (SSSR count). The largest absolute Gasteiger partial charge is 0.356 e. The molecule has 1 amide bonds. The van der Waals surface area contributed by atoms with Gasteiger partial charge in [0.2, 0.25) is 5.91 Å². The lowest BCUT2D eigenvalue weighted by atomic mass is 9.82. The summed E-state index contributed by atoms with van der Waals surface area (Å²) in [6.07, 6.45) is 9.62. The SMILES string of the molecule is CC1CCCC(CNC(=O)CCC2CCNCC2)C1. The van der Waals surface area contributed by atoms with Gasteiger partial charge in [-0.25, -0.2) is 0 Å². The molecule has 1 saturated heterocycles. The summed E-state index contributed by atoms with van der Waals surface area (Å²) in [6, 6.07) is 0. The fourth-order valence-corrected chi connectivity index (χ4v) is 3.60. The maximum absolute atomic E-state index is 11.9. The van der Waals surface area contributed by atoms with Gasteiger partial charge in [0, 0.05) is 13.0 Å². The van der Waals surface area contributed by atoms with Crippen molar-refractivity contribution in [1.82, 2.24) is 10.6 Å². The molecule has 0 spiro atoms. The molecule has 2 unspecified atom stereocenters. The van der Waals surface area contributed by atoms with E-state index in [0.29, 0.717) is 0 Å². The summed E-state index contributed by atoms with van der Waals surface area (Å²) >= 11 is 0. The van der Waals surface area contributed by atoms with Gasteiger partial charge >= 0.3 is 0 Å². The van der Waals surface area contributed by atoms with Gasteiger partial charge in [-0.1, -0.05) is 19.8 Å². The molecule has 19 heavy (non-hydrogen) atoms. The Balaban J connectivity index is 1.56. The molecule has 1 aliphatic carbocycles. The van der Waals surface area contributed by atoms with Crippen molar-refractivity contribution in [3.63, 3.8) is 0 Å². The second kappa shape index (κ2) is 7.88. The molecule has 0 aromatic carbocycles. The van der Waals surface area contributed by atoms with E-state index in [1.54, 1.807) is 0 Å². The van der Waals surface area contributed by atoms with E-state index in [1.165, 1.54) is 38.5 Å². The van der Waals surface area contributed by atoms with Gasteiger partial charge < -0.3 is 10.6 Å². The van der Waals surface area contributed by atoms with Crippen LogP contribution in [0.15, 0.2) is 0 Å². The first kappa shape index (κ1) is 14.8. The van der Waals surface area contributed by atoms with Gasteiger partial charge in [0.1, 0.15) is 0 Å². The Morgan fingerprint density at radius 3 is 2.68 bits per heavy atom. The van der Waals surface area contributed by atoms with Crippen LogP contribution in [0.1, 0.15) is 58.3 Å². The summed E-state index contributed by atoms with van der Waals surface area (Å²) in [6.45, 7) is 5.51. The van der Waals surface area contributed by atoms with Crippen molar-refractivity contribution < 1.29 is 4.79 Å². The first-order valence-corrected chi connectivity index (χ1v) is 8.21. The van der Waals surface area contributed by atoms with Crippen molar-refractivity contribution in [1.29, 1.82) is 0 Å². The zero-order valence-corrected chi connectivity index (χ0v) is 12.4. The van der Waals surface area contributed by atoms with Crippen molar-refractivity contribution >= 4 is 5.91 Å². The van der Waals surface area contributed by atoms with Gasteiger partial charge in [-0.15, -0.1) is 0 Å². The van der Waals surface area contributed by atoms with Crippen LogP contribution in [0.4, 0.5) is 0 Å². The molecular weight excluding hydrogens is 236 g/mol. The first-order valence-electron chi connectivity index (χ1n) is 8.21. The molecule has 1 saturated carbocycles.